The number of halogens is 3. The Kier molecular flexibility index (Phi) is 5.24. The van der Waals surface area contributed by atoms with E-state index < -0.39 is 17.8 Å². The molecular weight excluding hydrogens is 347 g/mol. The van der Waals surface area contributed by atoms with Crippen molar-refractivity contribution >= 4 is 11.0 Å². The van der Waals surface area contributed by atoms with Gasteiger partial charge in [-0.05, 0) is 30.2 Å². The lowest BCUT2D eigenvalue weighted by Crippen LogP contribution is -2.18. The zero-order valence-corrected chi connectivity index (χ0v) is 14.1. The number of fused-ring (bicyclic) bond motifs is 1. The van der Waals surface area contributed by atoms with Crippen molar-refractivity contribution in [3.63, 3.8) is 0 Å². The lowest BCUT2D eigenvalue weighted by Gasteiger charge is -2.12. The van der Waals surface area contributed by atoms with Gasteiger partial charge in [-0.15, -0.1) is 0 Å². The monoisotopic (exact) mass is 365 g/mol. The molecule has 0 bridgehead atoms. The van der Waals surface area contributed by atoms with Gasteiger partial charge in [0.1, 0.15) is 5.52 Å². The predicted octanol–water partition coefficient (Wildman–Crippen LogP) is 3.51. The van der Waals surface area contributed by atoms with Crippen LogP contribution in [0.15, 0.2) is 42.7 Å². The molecular formula is C18H18F3N3O2. The number of alkyl halides is 3. The van der Waals surface area contributed by atoms with Crippen molar-refractivity contribution in [2.24, 2.45) is 0 Å². The molecule has 0 aliphatic rings. The van der Waals surface area contributed by atoms with Gasteiger partial charge < -0.3 is 9.84 Å². The molecule has 1 unspecified atom stereocenters. The number of aliphatic hydroxyl groups is 1. The molecule has 138 valence electrons. The van der Waals surface area contributed by atoms with Crippen LogP contribution in [0.2, 0.25) is 0 Å². The second kappa shape index (κ2) is 7.43. The third kappa shape index (κ3) is 4.03. The van der Waals surface area contributed by atoms with E-state index >= 15 is 0 Å². The molecule has 1 atom stereocenters. The third-order valence-electron chi connectivity index (χ3n) is 4.06. The molecule has 0 spiro atoms. The van der Waals surface area contributed by atoms with Gasteiger partial charge in [-0.25, -0.2) is 0 Å². The van der Waals surface area contributed by atoms with E-state index in [2.05, 4.69) is 10.1 Å². The van der Waals surface area contributed by atoms with Crippen molar-refractivity contribution in [3.8, 4) is 11.1 Å². The van der Waals surface area contributed by atoms with Crippen LogP contribution in [0.5, 0.6) is 0 Å². The molecule has 8 heteroatoms. The van der Waals surface area contributed by atoms with Gasteiger partial charge in [0.05, 0.1) is 29.9 Å². The number of hydrogen-bond acceptors (Lipinski definition) is 4. The fraction of sp³-hybridized carbons (Fsp3) is 0.333. The molecule has 0 fully saturated rings. The fourth-order valence-electron chi connectivity index (χ4n) is 2.68. The van der Waals surface area contributed by atoms with E-state index in [1.807, 2.05) is 0 Å². The average molecular weight is 365 g/mol. The molecule has 0 amide bonds. The first kappa shape index (κ1) is 18.3. The largest absolute Gasteiger partial charge is 0.416 e. The van der Waals surface area contributed by atoms with Gasteiger partial charge in [0.15, 0.2) is 0 Å². The van der Waals surface area contributed by atoms with Crippen molar-refractivity contribution in [1.29, 1.82) is 0 Å². The van der Waals surface area contributed by atoms with E-state index in [0.29, 0.717) is 35.2 Å². The number of aromatic nitrogens is 3. The Balaban J connectivity index is 1.93. The summed E-state index contributed by atoms with van der Waals surface area (Å²) in [5, 5.41) is 14.2. The normalized spacial score (nSPS) is 13.3. The first-order chi connectivity index (χ1) is 12.4. The molecule has 2 aromatic heterocycles. The van der Waals surface area contributed by atoms with E-state index in [1.165, 1.54) is 12.3 Å². The summed E-state index contributed by atoms with van der Waals surface area (Å²) in [6, 6.07) is 6.83. The lowest BCUT2D eigenvalue weighted by molar-refractivity contribution is -0.137. The predicted molar refractivity (Wildman–Crippen MR) is 90.5 cm³/mol. The molecule has 0 aliphatic heterocycles. The Morgan fingerprint density at radius 3 is 2.73 bits per heavy atom. The van der Waals surface area contributed by atoms with Gasteiger partial charge in [0, 0.05) is 25.5 Å². The summed E-state index contributed by atoms with van der Waals surface area (Å²) in [6.07, 6.45) is -1.51. The van der Waals surface area contributed by atoms with E-state index in [1.54, 1.807) is 30.1 Å². The average Bonchev–Trinajstić information content (AvgIpc) is 3.01. The van der Waals surface area contributed by atoms with Crippen molar-refractivity contribution in [1.82, 2.24) is 14.8 Å². The summed E-state index contributed by atoms with van der Waals surface area (Å²) in [4.78, 5) is 4.27. The minimum Gasteiger partial charge on any atom is -0.391 e. The van der Waals surface area contributed by atoms with E-state index in [-0.39, 0.29) is 6.54 Å². The van der Waals surface area contributed by atoms with Gasteiger partial charge in [-0.1, -0.05) is 12.1 Å². The molecule has 26 heavy (non-hydrogen) atoms. The Hall–Kier alpha value is -2.45. The van der Waals surface area contributed by atoms with Crippen LogP contribution in [0.1, 0.15) is 12.0 Å². The highest BCUT2D eigenvalue weighted by Gasteiger charge is 2.30. The minimum atomic E-state index is -4.40. The number of benzene rings is 1. The molecule has 1 aromatic carbocycles. The molecule has 1 N–H and O–H groups in total. The van der Waals surface area contributed by atoms with Crippen LogP contribution in [-0.4, -0.2) is 39.7 Å². The topological polar surface area (TPSA) is 60.2 Å². The van der Waals surface area contributed by atoms with Crippen LogP contribution in [0.3, 0.4) is 0 Å². The van der Waals surface area contributed by atoms with Crippen LogP contribution in [0.4, 0.5) is 13.2 Å². The van der Waals surface area contributed by atoms with Crippen LogP contribution in [0.25, 0.3) is 22.2 Å². The number of methoxy groups -OCH3 is 1. The highest BCUT2D eigenvalue weighted by Crippen LogP contribution is 2.32. The molecule has 2 heterocycles. The number of hydrogen-bond donors (Lipinski definition) is 1. The van der Waals surface area contributed by atoms with Crippen molar-refractivity contribution in [2.45, 2.75) is 25.2 Å². The zero-order valence-electron chi connectivity index (χ0n) is 14.1. The zero-order chi connectivity index (χ0) is 18.7. The maximum absolute atomic E-state index is 12.9. The van der Waals surface area contributed by atoms with Crippen molar-refractivity contribution in [3.05, 3.63) is 48.3 Å². The highest BCUT2D eigenvalue weighted by molar-refractivity contribution is 5.80. The molecule has 0 radical (unpaired) electrons. The van der Waals surface area contributed by atoms with Gasteiger partial charge in [-0.3, -0.25) is 9.67 Å². The Bertz CT molecular complexity index is 893. The third-order valence-corrected chi connectivity index (χ3v) is 4.06. The van der Waals surface area contributed by atoms with Gasteiger partial charge in [0.2, 0.25) is 0 Å². The second-order valence-electron chi connectivity index (χ2n) is 5.97. The Labute approximate surface area is 148 Å². The number of rotatable bonds is 6. The molecule has 0 saturated carbocycles. The second-order valence-corrected chi connectivity index (χ2v) is 5.97. The summed E-state index contributed by atoms with van der Waals surface area (Å²) in [5.41, 5.74) is 1.52. The smallest absolute Gasteiger partial charge is 0.391 e. The molecule has 3 rings (SSSR count). The van der Waals surface area contributed by atoms with Crippen molar-refractivity contribution < 1.29 is 23.0 Å². The molecule has 5 nitrogen and oxygen atoms in total. The summed E-state index contributed by atoms with van der Waals surface area (Å²) in [7, 11) is 1.56. The molecule has 3 aromatic rings. The van der Waals surface area contributed by atoms with Gasteiger partial charge in [-0.2, -0.15) is 18.3 Å². The van der Waals surface area contributed by atoms with Crippen molar-refractivity contribution in [2.75, 3.05) is 13.7 Å². The Morgan fingerprint density at radius 2 is 2.00 bits per heavy atom. The molecule has 0 aliphatic carbocycles. The first-order valence-corrected chi connectivity index (χ1v) is 8.04. The lowest BCUT2D eigenvalue weighted by atomic mass is 10.0. The number of aliphatic hydroxyl groups excluding tert-OH is 1. The summed E-state index contributed by atoms with van der Waals surface area (Å²) in [5.74, 6) is 0. The van der Waals surface area contributed by atoms with Crippen LogP contribution >= 0.6 is 0 Å². The molecule has 0 saturated heterocycles. The SMILES string of the molecule is COCCC(O)Cn1ncc2ncc(-c3cccc(C(F)(F)F)c3)cc21. The Morgan fingerprint density at radius 1 is 1.19 bits per heavy atom. The van der Waals surface area contributed by atoms with Crippen LogP contribution < -0.4 is 0 Å². The highest BCUT2D eigenvalue weighted by atomic mass is 19.4. The quantitative estimate of drug-likeness (QED) is 0.726. The summed E-state index contributed by atoms with van der Waals surface area (Å²) in [6.45, 7) is 0.675. The standard InChI is InChI=1S/C18H18F3N3O2/c1-26-6-5-15(25)11-24-17-8-13(9-22-16(17)10-23-24)12-3-2-4-14(7-12)18(19,20)21/h2-4,7-10,15,25H,5-6,11H2,1H3. The first-order valence-electron chi connectivity index (χ1n) is 8.04. The minimum absolute atomic E-state index is 0.251. The van der Waals surface area contributed by atoms with Gasteiger partial charge >= 0.3 is 6.18 Å². The number of pyridine rings is 1. The summed E-state index contributed by atoms with van der Waals surface area (Å²) < 4.78 is 45.3. The van der Waals surface area contributed by atoms with Crippen LogP contribution in [0, 0.1) is 0 Å². The number of ether oxygens (including phenoxy) is 1. The maximum Gasteiger partial charge on any atom is 0.416 e. The van der Waals surface area contributed by atoms with E-state index in [4.69, 9.17) is 4.74 Å². The van der Waals surface area contributed by atoms with Crippen LogP contribution in [-0.2, 0) is 17.5 Å². The van der Waals surface area contributed by atoms with E-state index in [0.717, 1.165) is 12.1 Å². The summed E-state index contributed by atoms with van der Waals surface area (Å²) >= 11 is 0. The maximum atomic E-state index is 12.9. The fourth-order valence-corrected chi connectivity index (χ4v) is 2.68. The van der Waals surface area contributed by atoms with E-state index in [9.17, 15) is 18.3 Å². The number of nitrogens with zero attached hydrogens (tertiary/aromatic N) is 3. The van der Waals surface area contributed by atoms with Gasteiger partial charge in [0.25, 0.3) is 0 Å².